The molecule has 1 amide bonds. The van der Waals surface area contributed by atoms with Crippen molar-refractivity contribution < 1.29 is 14.4 Å². The van der Waals surface area contributed by atoms with Crippen LogP contribution in [0.5, 0.6) is 0 Å². The lowest BCUT2D eigenvalue weighted by molar-refractivity contribution is -0.0225. The number of hydrogen-bond acceptors (Lipinski definition) is 4. The second kappa shape index (κ2) is 5.67. The normalized spacial score (nSPS) is 30.5. The van der Waals surface area contributed by atoms with Gasteiger partial charge in [0.1, 0.15) is 5.60 Å². The van der Waals surface area contributed by atoms with Crippen LogP contribution in [0, 0.1) is 0 Å². The Morgan fingerprint density at radius 1 is 1.26 bits per heavy atom. The third-order valence-electron chi connectivity index (χ3n) is 3.73. The van der Waals surface area contributed by atoms with Gasteiger partial charge in [0.2, 0.25) is 0 Å². The molecule has 2 saturated heterocycles. The number of carbonyl (C=O) groups is 1. The van der Waals surface area contributed by atoms with E-state index in [1.54, 1.807) is 0 Å². The molecule has 110 valence electrons. The Morgan fingerprint density at radius 2 is 1.84 bits per heavy atom. The van der Waals surface area contributed by atoms with Gasteiger partial charge in [0.05, 0.1) is 6.61 Å². The van der Waals surface area contributed by atoms with E-state index in [1.165, 1.54) is 0 Å². The molecule has 5 nitrogen and oxygen atoms in total. The number of fused-ring (bicyclic) bond motifs is 2. The highest BCUT2D eigenvalue weighted by molar-refractivity contribution is 5.69. The minimum Gasteiger partial charge on any atom is -0.444 e. The molecule has 0 saturated carbocycles. The summed E-state index contributed by atoms with van der Waals surface area (Å²) in [4.78, 5) is 19.5. The fourth-order valence-electron chi connectivity index (χ4n) is 3.09. The summed E-state index contributed by atoms with van der Waals surface area (Å²) < 4.78 is 5.51. The molecule has 0 aromatic rings. The Labute approximate surface area is 115 Å². The molecule has 0 spiro atoms. The molecule has 2 heterocycles. The van der Waals surface area contributed by atoms with Crippen molar-refractivity contribution in [2.75, 3.05) is 6.61 Å². The number of hydroxylamine groups is 1. The second-order valence-electron chi connectivity index (χ2n) is 6.49. The Morgan fingerprint density at radius 3 is 2.32 bits per heavy atom. The third-order valence-corrected chi connectivity index (χ3v) is 3.73. The van der Waals surface area contributed by atoms with Crippen molar-refractivity contribution >= 4 is 6.09 Å². The van der Waals surface area contributed by atoms with E-state index in [-0.39, 0.29) is 6.09 Å². The van der Waals surface area contributed by atoms with Crippen LogP contribution < -0.4 is 5.48 Å². The van der Waals surface area contributed by atoms with Crippen molar-refractivity contribution in [3.05, 3.63) is 0 Å². The van der Waals surface area contributed by atoms with Gasteiger partial charge < -0.3 is 14.5 Å². The molecular weight excluding hydrogens is 244 g/mol. The highest BCUT2D eigenvalue weighted by Gasteiger charge is 2.44. The van der Waals surface area contributed by atoms with Crippen LogP contribution in [-0.2, 0) is 9.57 Å². The van der Waals surface area contributed by atoms with Crippen LogP contribution in [0.15, 0.2) is 0 Å². The number of ether oxygens (including phenoxy) is 1. The molecule has 0 radical (unpaired) electrons. The van der Waals surface area contributed by atoms with Gasteiger partial charge in [-0.15, -0.1) is 0 Å². The highest BCUT2D eigenvalue weighted by atomic mass is 16.6. The van der Waals surface area contributed by atoms with Crippen molar-refractivity contribution in [1.82, 2.24) is 10.4 Å². The smallest absolute Gasteiger partial charge is 0.410 e. The van der Waals surface area contributed by atoms with Crippen molar-refractivity contribution in [3.63, 3.8) is 0 Å². The van der Waals surface area contributed by atoms with Crippen molar-refractivity contribution in [2.24, 2.45) is 0 Å². The first-order valence-corrected chi connectivity index (χ1v) is 7.29. The van der Waals surface area contributed by atoms with Crippen LogP contribution in [0.4, 0.5) is 4.79 Å². The number of rotatable bonds is 3. The number of nitrogens with zero attached hydrogens (tertiary/aromatic N) is 1. The lowest BCUT2D eigenvalue weighted by Gasteiger charge is -2.39. The van der Waals surface area contributed by atoms with Gasteiger partial charge in [-0.3, -0.25) is 0 Å². The molecule has 2 aliphatic heterocycles. The Kier molecular flexibility index (Phi) is 4.36. The summed E-state index contributed by atoms with van der Waals surface area (Å²) in [5.74, 6) is 0. The van der Waals surface area contributed by atoms with Crippen LogP contribution in [0.25, 0.3) is 0 Å². The Balaban J connectivity index is 1.93. The summed E-state index contributed by atoms with van der Waals surface area (Å²) in [5, 5.41) is 0. The maximum absolute atomic E-state index is 12.2. The number of carbonyl (C=O) groups excluding carboxylic acids is 1. The van der Waals surface area contributed by atoms with E-state index in [1.807, 2.05) is 32.6 Å². The van der Waals surface area contributed by atoms with E-state index in [9.17, 15) is 4.79 Å². The van der Waals surface area contributed by atoms with Crippen LogP contribution in [0.2, 0.25) is 0 Å². The minimum absolute atomic E-state index is 0.158. The van der Waals surface area contributed by atoms with Gasteiger partial charge in [0.15, 0.2) is 0 Å². The summed E-state index contributed by atoms with van der Waals surface area (Å²) in [6.07, 6.45) is 3.91. The molecule has 0 aromatic heterocycles. The predicted molar refractivity (Wildman–Crippen MR) is 72.7 cm³/mol. The molecule has 2 atom stereocenters. The quantitative estimate of drug-likeness (QED) is 0.800. The first-order valence-electron chi connectivity index (χ1n) is 7.29. The summed E-state index contributed by atoms with van der Waals surface area (Å²) in [5.41, 5.74) is 2.68. The summed E-state index contributed by atoms with van der Waals surface area (Å²) in [7, 11) is 0. The average Bonchev–Trinajstić information content (AvgIpc) is 2.56. The van der Waals surface area contributed by atoms with Gasteiger partial charge in [-0.2, -0.15) is 5.48 Å². The fraction of sp³-hybridized carbons (Fsp3) is 0.929. The molecule has 2 fully saturated rings. The van der Waals surface area contributed by atoms with E-state index in [0.717, 1.165) is 25.7 Å². The van der Waals surface area contributed by atoms with Gasteiger partial charge in [0, 0.05) is 18.1 Å². The highest BCUT2D eigenvalue weighted by Crippen LogP contribution is 2.36. The van der Waals surface area contributed by atoms with Crippen LogP contribution >= 0.6 is 0 Å². The summed E-state index contributed by atoms with van der Waals surface area (Å²) in [6.45, 7) is 8.38. The van der Waals surface area contributed by atoms with Crippen LogP contribution in [0.3, 0.4) is 0 Å². The number of hydrogen-bond donors (Lipinski definition) is 1. The Bertz CT molecular complexity index is 313. The zero-order valence-electron chi connectivity index (χ0n) is 12.4. The van der Waals surface area contributed by atoms with E-state index in [0.29, 0.717) is 24.7 Å². The second-order valence-corrected chi connectivity index (χ2v) is 6.49. The standard InChI is InChI=1S/C14H26N2O3/c1-5-18-15-10-8-11-6-7-12(9-10)16(11)13(17)19-14(2,3)4/h10-12,15H,5-9H2,1-4H3. The first-order chi connectivity index (χ1) is 8.90. The zero-order chi connectivity index (χ0) is 14.0. The lowest BCUT2D eigenvalue weighted by atomic mass is 9.98. The van der Waals surface area contributed by atoms with Crippen molar-refractivity contribution in [1.29, 1.82) is 0 Å². The molecule has 2 bridgehead atoms. The monoisotopic (exact) mass is 270 g/mol. The lowest BCUT2D eigenvalue weighted by Crippen LogP contribution is -2.52. The Hall–Kier alpha value is -0.810. The molecule has 0 aromatic carbocycles. The largest absolute Gasteiger partial charge is 0.444 e. The molecular formula is C14H26N2O3. The molecule has 2 unspecified atom stereocenters. The minimum atomic E-state index is -0.420. The van der Waals surface area contributed by atoms with Gasteiger partial charge in [-0.05, 0) is 53.4 Å². The van der Waals surface area contributed by atoms with E-state index < -0.39 is 5.60 Å². The molecule has 1 N–H and O–H groups in total. The van der Waals surface area contributed by atoms with Gasteiger partial charge in [-0.25, -0.2) is 4.79 Å². The molecule has 0 aliphatic carbocycles. The molecule has 2 rings (SSSR count). The van der Waals surface area contributed by atoms with Crippen molar-refractivity contribution in [2.45, 2.75) is 77.1 Å². The zero-order valence-corrected chi connectivity index (χ0v) is 12.4. The fourth-order valence-corrected chi connectivity index (χ4v) is 3.09. The summed E-state index contributed by atoms with van der Waals surface area (Å²) in [6, 6.07) is 0.953. The van der Waals surface area contributed by atoms with Crippen LogP contribution in [-0.4, -0.2) is 41.3 Å². The maximum Gasteiger partial charge on any atom is 0.410 e. The SMILES string of the molecule is CCONC1CC2CCC(C1)N2C(=O)OC(C)(C)C. The number of nitrogens with one attached hydrogen (secondary N) is 1. The number of piperidine rings is 1. The summed E-state index contributed by atoms with van der Waals surface area (Å²) >= 11 is 0. The van der Waals surface area contributed by atoms with E-state index >= 15 is 0 Å². The van der Waals surface area contributed by atoms with Gasteiger partial charge in [0.25, 0.3) is 0 Å². The van der Waals surface area contributed by atoms with Gasteiger partial charge >= 0.3 is 6.09 Å². The van der Waals surface area contributed by atoms with Gasteiger partial charge in [-0.1, -0.05) is 0 Å². The average molecular weight is 270 g/mol. The molecule has 5 heteroatoms. The number of amides is 1. The van der Waals surface area contributed by atoms with Crippen molar-refractivity contribution in [3.8, 4) is 0 Å². The topological polar surface area (TPSA) is 50.8 Å². The predicted octanol–water partition coefficient (Wildman–Crippen LogP) is 2.46. The van der Waals surface area contributed by atoms with E-state index in [4.69, 9.17) is 9.57 Å². The first kappa shape index (κ1) is 14.6. The third kappa shape index (κ3) is 3.60. The molecule has 19 heavy (non-hydrogen) atoms. The maximum atomic E-state index is 12.2. The molecule has 2 aliphatic rings. The van der Waals surface area contributed by atoms with E-state index in [2.05, 4.69) is 5.48 Å². The van der Waals surface area contributed by atoms with Crippen LogP contribution in [0.1, 0.15) is 53.4 Å².